The van der Waals surface area contributed by atoms with E-state index in [1.807, 2.05) is 52.8 Å². The van der Waals surface area contributed by atoms with Crippen LogP contribution in [0.4, 0.5) is 5.69 Å². The molecule has 3 heterocycles. The number of hydrogen-bond donors (Lipinski definition) is 3. The lowest BCUT2D eigenvalue weighted by atomic mass is 9.70. The maximum atomic E-state index is 14.1. The van der Waals surface area contributed by atoms with Gasteiger partial charge in [-0.1, -0.05) is 48.8 Å². The van der Waals surface area contributed by atoms with Crippen molar-refractivity contribution in [2.75, 3.05) is 18.5 Å². The number of thioether (sulfide) groups is 1. The second-order valence-corrected chi connectivity index (χ2v) is 13.2. The van der Waals surface area contributed by atoms with E-state index < -0.39 is 28.7 Å². The summed E-state index contributed by atoms with van der Waals surface area (Å²) in [5, 5.41) is 16.3. The quantitative estimate of drug-likeness (QED) is 0.420. The lowest BCUT2D eigenvalue weighted by molar-refractivity contribution is -0.142. The highest BCUT2D eigenvalue weighted by atomic mass is 79.9. The topological polar surface area (TPSA) is 98.7 Å². The molecule has 7 nitrogen and oxygen atoms in total. The largest absolute Gasteiger partial charge is 0.394 e. The van der Waals surface area contributed by atoms with Gasteiger partial charge in [-0.3, -0.25) is 14.4 Å². The maximum absolute atomic E-state index is 14.1. The van der Waals surface area contributed by atoms with Crippen LogP contribution in [0.15, 0.2) is 18.2 Å². The van der Waals surface area contributed by atoms with Crippen LogP contribution in [-0.2, 0) is 14.4 Å². The van der Waals surface area contributed by atoms with E-state index in [0.717, 1.165) is 23.2 Å². The number of hydrogen-bond acceptors (Lipinski definition) is 5. The molecule has 3 aliphatic heterocycles. The molecule has 3 amide bonds. The minimum atomic E-state index is -0.779. The van der Waals surface area contributed by atoms with Crippen molar-refractivity contribution in [3.63, 3.8) is 0 Å². The van der Waals surface area contributed by atoms with Crippen LogP contribution in [-0.4, -0.2) is 67.8 Å². The van der Waals surface area contributed by atoms with Gasteiger partial charge in [0.25, 0.3) is 0 Å². The first-order valence-corrected chi connectivity index (χ1v) is 14.3. The van der Waals surface area contributed by atoms with Crippen LogP contribution in [0.2, 0.25) is 0 Å². The van der Waals surface area contributed by atoms with Gasteiger partial charge in [0, 0.05) is 22.3 Å². The summed E-state index contributed by atoms with van der Waals surface area (Å²) in [7, 11) is 0. The van der Waals surface area contributed by atoms with Gasteiger partial charge in [0.05, 0.1) is 29.2 Å². The summed E-state index contributed by atoms with van der Waals surface area (Å²) in [6.45, 7) is 10.1. The van der Waals surface area contributed by atoms with Gasteiger partial charge in [-0.25, -0.2) is 0 Å². The molecule has 0 radical (unpaired) electrons. The van der Waals surface area contributed by atoms with E-state index in [4.69, 9.17) is 0 Å². The number of aryl methyl sites for hydroxylation is 2. The predicted molar refractivity (Wildman–Crippen MR) is 143 cm³/mol. The molecule has 7 atom stereocenters. The molecule has 3 aliphatic rings. The number of halogens is 1. The summed E-state index contributed by atoms with van der Waals surface area (Å²) in [5.41, 5.74) is 2.69. The summed E-state index contributed by atoms with van der Waals surface area (Å²) < 4.78 is -0.728. The van der Waals surface area contributed by atoms with Crippen molar-refractivity contribution in [2.45, 2.75) is 74.4 Å². The van der Waals surface area contributed by atoms with E-state index in [1.54, 1.807) is 16.7 Å². The Morgan fingerprint density at radius 2 is 2.00 bits per heavy atom. The molecule has 192 valence electrons. The second kappa shape index (κ2) is 10.1. The van der Waals surface area contributed by atoms with Gasteiger partial charge in [-0.05, 0) is 49.8 Å². The van der Waals surface area contributed by atoms with E-state index in [-0.39, 0.29) is 40.3 Å². The number of likely N-dealkylation sites (tertiary alicyclic amines) is 1. The van der Waals surface area contributed by atoms with Gasteiger partial charge in [0.15, 0.2) is 0 Å². The van der Waals surface area contributed by atoms with Crippen molar-refractivity contribution in [3.8, 4) is 0 Å². The van der Waals surface area contributed by atoms with Gasteiger partial charge in [0.2, 0.25) is 17.7 Å². The Morgan fingerprint density at radius 3 is 2.63 bits per heavy atom. The number of carbonyl (C=O) groups excluding carboxylic acids is 3. The van der Waals surface area contributed by atoms with Crippen LogP contribution in [0, 0.1) is 31.6 Å². The molecule has 0 aromatic heterocycles. The minimum Gasteiger partial charge on any atom is -0.394 e. The van der Waals surface area contributed by atoms with Crippen LogP contribution in [0.5, 0.6) is 0 Å². The number of carbonyl (C=O) groups is 3. The highest BCUT2D eigenvalue weighted by Crippen LogP contribution is 2.68. The number of anilines is 1. The van der Waals surface area contributed by atoms with E-state index in [1.165, 1.54) is 0 Å². The Bertz CT molecular complexity index is 1020. The molecule has 35 heavy (non-hydrogen) atoms. The van der Waals surface area contributed by atoms with Crippen molar-refractivity contribution in [1.82, 2.24) is 10.2 Å². The Balaban J connectivity index is 1.78. The highest BCUT2D eigenvalue weighted by molar-refractivity contribution is 9.09. The Hall–Kier alpha value is -1.58. The van der Waals surface area contributed by atoms with Crippen LogP contribution in [0.1, 0.15) is 44.7 Å². The number of nitrogens with one attached hydrogen (secondary N) is 2. The van der Waals surface area contributed by atoms with Crippen LogP contribution in [0.3, 0.4) is 0 Å². The van der Waals surface area contributed by atoms with Crippen molar-refractivity contribution in [2.24, 2.45) is 17.8 Å². The number of nitrogens with zero attached hydrogens (tertiary/aromatic N) is 1. The molecule has 3 saturated heterocycles. The zero-order valence-electron chi connectivity index (χ0n) is 21.0. The lowest BCUT2D eigenvalue weighted by Crippen LogP contribution is -2.56. The third-order valence-corrected chi connectivity index (χ3v) is 11.0. The Labute approximate surface area is 220 Å². The number of amides is 3. The normalized spacial score (nSPS) is 32.2. The van der Waals surface area contributed by atoms with E-state index in [2.05, 4.69) is 26.6 Å². The fourth-order valence-electron chi connectivity index (χ4n) is 6.08. The smallest absolute Gasteiger partial charge is 0.248 e. The maximum Gasteiger partial charge on any atom is 0.248 e. The first-order chi connectivity index (χ1) is 16.6. The molecule has 3 N–H and O–H groups in total. The molecule has 4 rings (SSSR count). The summed E-state index contributed by atoms with van der Waals surface area (Å²) in [6.07, 6.45) is 1.43. The summed E-state index contributed by atoms with van der Waals surface area (Å²) in [6, 6.07) is 4.60. The van der Waals surface area contributed by atoms with Crippen LogP contribution in [0.25, 0.3) is 0 Å². The van der Waals surface area contributed by atoms with Crippen molar-refractivity contribution in [3.05, 3.63) is 29.3 Å². The Kier molecular flexibility index (Phi) is 7.61. The number of rotatable bonds is 8. The first kappa shape index (κ1) is 26.5. The van der Waals surface area contributed by atoms with E-state index in [0.29, 0.717) is 13.0 Å². The van der Waals surface area contributed by atoms with Gasteiger partial charge in [0.1, 0.15) is 6.04 Å². The molecular formula is C26H36BrN3O4S. The summed E-state index contributed by atoms with van der Waals surface area (Å²) >= 11 is 5.40. The molecule has 1 aromatic carbocycles. The first-order valence-electron chi connectivity index (χ1n) is 12.5. The monoisotopic (exact) mass is 565 g/mol. The van der Waals surface area contributed by atoms with Crippen molar-refractivity contribution in [1.29, 1.82) is 0 Å². The summed E-state index contributed by atoms with van der Waals surface area (Å²) in [5.74, 6) is -1.71. The number of aliphatic hydroxyl groups excluding tert-OH is 1. The highest BCUT2D eigenvalue weighted by Gasteiger charge is 2.76. The second-order valence-electron chi connectivity index (χ2n) is 10.5. The number of benzene rings is 1. The average molecular weight is 567 g/mol. The van der Waals surface area contributed by atoms with Crippen LogP contribution < -0.4 is 10.6 Å². The molecule has 2 bridgehead atoms. The third kappa shape index (κ3) is 4.31. The van der Waals surface area contributed by atoms with Crippen LogP contribution >= 0.6 is 27.7 Å². The molecule has 0 aliphatic carbocycles. The molecule has 3 unspecified atom stereocenters. The molecule has 1 aromatic rings. The van der Waals surface area contributed by atoms with Gasteiger partial charge >= 0.3 is 0 Å². The summed E-state index contributed by atoms with van der Waals surface area (Å²) in [4.78, 5) is 43.1. The minimum absolute atomic E-state index is 0.0245. The fraction of sp³-hybridized carbons (Fsp3) is 0.654. The fourth-order valence-corrected chi connectivity index (χ4v) is 9.68. The van der Waals surface area contributed by atoms with Gasteiger partial charge < -0.3 is 20.6 Å². The van der Waals surface area contributed by atoms with Crippen molar-refractivity contribution >= 4 is 51.1 Å². The van der Waals surface area contributed by atoms with E-state index in [9.17, 15) is 19.5 Å². The predicted octanol–water partition coefficient (Wildman–Crippen LogP) is 3.25. The molecule has 3 fully saturated rings. The van der Waals surface area contributed by atoms with E-state index >= 15 is 0 Å². The average Bonchev–Trinajstić information content (AvgIpc) is 3.39. The standard InChI is InChI=1S/C26H36BrN3O4S/c1-6-9-28-23(32)19-20-25(34)30(18(12-31)13(2)3)22(26(20)11-16(27)21(19)35-26)24(33)29-17-10-14(4)7-8-15(17)5/h7-8,10,13,16,18-22,31H,6,9,11-12H2,1-5H3,(H,28,32)(H,29,33)/t16?,18-,19+,20-,21+,22?,26?/m0/s1. The number of fused-ring (bicyclic) bond motifs is 1. The molecule has 9 heteroatoms. The number of aliphatic hydroxyl groups is 1. The zero-order valence-corrected chi connectivity index (χ0v) is 23.4. The molecule has 0 saturated carbocycles. The van der Waals surface area contributed by atoms with Gasteiger partial charge in [-0.15, -0.1) is 11.8 Å². The molecular weight excluding hydrogens is 530 g/mol. The lowest BCUT2D eigenvalue weighted by Gasteiger charge is -2.38. The third-order valence-electron chi connectivity index (χ3n) is 7.79. The number of alkyl halides is 1. The Morgan fingerprint density at radius 1 is 1.29 bits per heavy atom. The molecule has 1 spiro atoms. The van der Waals surface area contributed by atoms with Gasteiger partial charge in [-0.2, -0.15) is 0 Å². The zero-order chi connectivity index (χ0) is 25.7. The van der Waals surface area contributed by atoms with Crippen molar-refractivity contribution < 1.29 is 19.5 Å². The SMILES string of the molecule is CCCNC(=O)[C@H]1[C@@H]2SC3(CC2Br)C(C(=O)Nc2cc(C)ccc2C)N([C@@H](CO)C(C)C)C(=O)[C@H]13.